The maximum Gasteiger partial charge on any atom is 0.250 e. The van der Waals surface area contributed by atoms with Crippen LogP contribution in [0.1, 0.15) is 43.7 Å². The number of fused-ring (bicyclic) bond motifs is 1. The van der Waals surface area contributed by atoms with Crippen LogP contribution in [-0.4, -0.2) is 49.7 Å². The van der Waals surface area contributed by atoms with Crippen molar-refractivity contribution in [2.75, 3.05) is 26.2 Å². The standard InChI is InChI=1S/C20H26N2O3S/c1-15-6-10-22(11-7-15)26(24,25)19-5-4-16-12-18(13-17(16)14-19)20(23)21-8-2-3-9-21/h4-5,13-15H,2-3,6-12H2,1H3. The molecule has 6 heteroatoms. The first-order valence-electron chi connectivity index (χ1n) is 9.58. The zero-order chi connectivity index (χ0) is 18.3. The van der Waals surface area contributed by atoms with Crippen LogP contribution in [0.4, 0.5) is 0 Å². The molecule has 0 bridgehead atoms. The Hall–Kier alpha value is -1.66. The smallest absolute Gasteiger partial charge is 0.250 e. The van der Waals surface area contributed by atoms with Crippen molar-refractivity contribution >= 4 is 22.0 Å². The van der Waals surface area contributed by atoms with Crippen LogP contribution in [-0.2, 0) is 21.2 Å². The molecule has 3 aliphatic rings. The molecule has 0 spiro atoms. The zero-order valence-corrected chi connectivity index (χ0v) is 16.1. The maximum atomic E-state index is 12.9. The molecule has 2 heterocycles. The minimum Gasteiger partial charge on any atom is -0.339 e. The van der Waals surface area contributed by atoms with E-state index < -0.39 is 10.0 Å². The summed E-state index contributed by atoms with van der Waals surface area (Å²) >= 11 is 0. The van der Waals surface area contributed by atoms with Gasteiger partial charge in [0.2, 0.25) is 15.9 Å². The Morgan fingerprint density at radius 2 is 1.77 bits per heavy atom. The highest BCUT2D eigenvalue weighted by molar-refractivity contribution is 7.89. The number of carbonyl (C=O) groups is 1. The second-order valence-corrected chi connectivity index (χ2v) is 9.73. The summed E-state index contributed by atoms with van der Waals surface area (Å²) in [4.78, 5) is 14.9. The molecule has 140 valence electrons. The minimum absolute atomic E-state index is 0.105. The van der Waals surface area contributed by atoms with E-state index >= 15 is 0 Å². The highest BCUT2D eigenvalue weighted by atomic mass is 32.2. The van der Waals surface area contributed by atoms with E-state index in [1.807, 2.05) is 17.0 Å². The third kappa shape index (κ3) is 3.21. The van der Waals surface area contributed by atoms with E-state index in [4.69, 9.17) is 0 Å². The molecule has 5 nitrogen and oxygen atoms in total. The summed E-state index contributed by atoms with van der Waals surface area (Å²) in [7, 11) is -3.45. The molecule has 1 amide bonds. The molecule has 0 atom stereocenters. The largest absolute Gasteiger partial charge is 0.339 e. The molecule has 0 unspecified atom stereocenters. The van der Waals surface area contributed by atoms with Crippen LogP contribution >= 0.6 is 0 Å². The van der Waals surface area contributed by atoms with E-state index in [1.54, 1.807) is 16.4 Å². The first-order valence-corrected chi connectivity index (χ1v) is 11.0. The quantitative estimate of drug-likeness (QED) is 0.817. The lowest BCUT2D eigenvalue weighted by Crippen LogP contribution is -2.37. The number of likely N-dealkylation sites (tertiary alicyclic amines) is 1. The van der Waals surface area contributed by atoms with Gasteiger partial charge < -0.3 is 4.90 Å². The fourth-order valence-corrected chi connectivity index (χ4v) is 5.61. The van der Waals surface area contributed by atoms with Gasteiger partial charge in [-0.1, -0.05) is 13.0 Å². The van der Waals surface area contributed by atoms with Crippen molar-refractivity contribution in [2.45, 2.75) is 43.9 Å². The number of nitrogens with zero attached hydrogens (tertiary/aromatic N) is 2. The number of sulfonamides is 1. The van der Waals surface area contributed by atoms with Crippen molar-refractivity contribution in [3.05, 3.63) is 34.9 Å². The molecule has 2 fully saturated rings. The van der Waals surface area contributed by atoms with Gasteiger partial charge in [0.1, 0.15) is 0 Å². The van der Waals surface area contributed by atoms with Crippen molar-refractivity contribution in [2.24, 2.45) is 5.92 Å². The fraction of sp³-hybridized carbons (Fsp3) is 0.550. The van der Waals surface area contributed by atoms with Gasteiger partial charge in [0.25, 0.3) is 0 Å². The summed E-state index contributed by atoms with van der Waals surface area (Å²) in [5, 5.41) is 0. The van der Waals surface area contributed by atoms with Gasteiger partial charge in [-0.3, -0.25) is 4.79 Å². The number of rotatable bonds is 3. The Morgan fingerprint density at radius 3 is 2.46 bits per heavy atom. The molecule has 1 aliphatic carbocycles. The Balaban J connectivity index is 1.56. The van der Waals surface area contributed by atoms with Gasteiger partial charge in [-0.2, -0.15) is 4.31 Å². The highest BCUT2D eigenvalue weighted by Crippen LogP contribution is 2.31. The normalized spacial score (nSPS) is 21.7. The number of benzene rings is 1. The third-order valence-corrected chi connectivity index (χ3v) is 7.77. The topological polar surface area (TPSA) is 57.7 Å². The Labute approximate surface area is 155 Å². The first-order chi connectivity index (χ1) is 12.4. The number of hydrogen-bond donors (Lipinski definition) is 0. The second kappa shape index (κ2) is 6.82. The minimum atomic E-state index is -3.45. The monoisotopic (exact) mass is 374 g/mol. The molecule has 2 aliphatic heterocycles. The van der Waals surface area contributed by atoms with E-state index in [0.717, 1.165) is 55.5 Å². The molecule has 0 aromatic heterocycles. The lowest BCUT2D eigenvalue weighted by Gasteiger charge is -2.29. The van der Waals surface area contributed by atoms with Crippen LogP contribution in [0, 0.1) is 5.92 Å². The van der Waals surface area contributed by atoms with E-state index in [2.05, 4.69) is 6.92 Å². The molecule has 0 N–H and O–H groups in total. The zero-order valence-electron chi connectivity index (χ0n) is 15.3. The second-order valence-electron chi connectivity index (χ2n) is 7.79. The van der Waals surface area contributed by atoms with Gasteiger partial charge >= 0.3 is 0 Å². The molecular formula is C20H26N2O3S. The third-order valence-electron chi connectivity index (χ3n) is 5.88. The Bertz CT molecular complexity index is 846. The van der Waals surface area contributed by atoms with Crippen LogP contribution < -0.4 is 0 Å². The van der Waals surface area contributed by atoms with Crippen LogP contribution in [0.15, 0.2) is 28.7 Å². The van der Waals surface area contributed by atoms with Crippen molar-refractivity contribution in [1.82, 2.24) is 9.21 Å². The predicted molar refractivity (Wildman–Crippen MR) is 101 cm³/mol. The Kier molecular flexibility index (Phi) is 4.65. The Morgan fingerprint density at radius 1 is 1.08 bits per heavy atom. The van der Waals surface area contributed by atoms with Crippen molar-refractivity contribution in [1.29, 1.82) is 0 Å². The summed E-state index contributed by atoms with van der Waals surface area (Å²) in [6, 6.07) is 5.31. The first kappa shape index (κ1) is 17.7. The van der Waals surface area contributed by atoms with Gasteiger partial charge in [0, 0.05) is 38.2 Å². The maximum absolute atomic E-state index is 12.9. The molecule has 0 radical (unpaired) electrons. The van der Waals surface area contributed by atoms with E-state index in [1.165, 1.54) is 0 Å². The van der Waals surface area contributed by atoms with Gasteiger partial charge in [-0.15, -0.1) is 0 Å². The van der Waals surface area contributed by atoms with Gasteiger partial charge in [-0.05, 0) is 60.9 Å². The van der Waals surface area contributed by atoms with Crippen molar-refractivity contribution < 1.29 is 13.2 Å². The molecule has 4 rings (SSSR count). The van der Waals surface area contributed by atoms with Crippen molar-refractivity contribution in [3.8, 4) is 0 Å². The highest BCUT2D eigenvalue weighted by Gasteiger charge is 2.30. The number of carbonyl (C=O) groups excluding carboxylic acids is 1. The van der Waals surface area contributed by atoms with Crippen LogP contribution in [0.2, 0.25) is 0 Å². The molecule has 0 saturated carbocycles. The van der Waals surface area contributed by atoms with Gasteiger partial charge in [0.15, 0.2) is 0 Å². The fourth-order valence-electron chi connectivity index (χ4n) is 4.11. The van der Waals surface area contributed by atoms with E-state index in [0.29, 0.717) is 30.3 Å². The lowest BCUT2D eigenvalue weighted by atomic mass is 10.0. The molecule has 26 heavy (non-hydrogen) atoms. The van der Waals surface area contributed by atoms with Crippen molar-refractivity contribution in [3.63, 3.8) is 0 Å². The van der Waals surface area contributed by atoms with Gasteiger partial charge in [-0.25, -0.2) is 8.42 Å². The lowest BCUT2D eigenvalue weighted by molar-refractivity contribution is -0.126. The number of piperidine rings is 1. The summed E-state index contributed by atoms with van der Waals surface area (Å²) in [6.45, 7) is 5.02. The molecule has 1 aromatic carbocycles. The molecular weight excluding hydrogens is 348 g/mol. The average molecular weight is 375 g/mol. The van der Waals surface area contributed by atoms with Crippen LogP contribution in [0.25, 0.3) is 6.08 Å². The summed E-state index contributed by atoms with van der Waals surface area (Å²) in [5.41, 5.74) is 2.70. The van der Waals surface area contributed by atoms with E-state index in [9.17, 15) is 13.2 Å². The van der Waals surface area contributed by atoms with Crippen LogP contribution in [0.5, 0.6) is 0 Å². The van der Waals surface area contributed by atoms with E-state index in [-0.39, 0.29) is 5.91 Å². The van der Waals surface area contributed by atoms with Gasteiger partial charge in [0.05, 0.1) is 4.90 Å². The van der Waals surface area contributed by atoms with Crippen LogP contribution in [0.3, 0.4) is 0 Å². The number of amides is 1. The summed E-state index contributed by atoms with van der Waals surface area (Å²) in [5.74, 6) is 0.691. The number of hydrogen-bond acceptors (Lipinski definition) is 3. The SMILES string of the molecule is CC1CCN(S(=O)(=O)c2ccc3c(c2)C=C(C(=O)N2CCCC2)C3)CC1. The summed E-state index contributed by atoms with van der Waals surface area (Å²) < 4.78 is 27.5. The summed E-state index contributed by atoms with van der Waals surface area (Å²) in [6.07, 6.45) is 6.46. The predicted octanol–water partition coefficient (Wildman–Crippen LogP) is 2.67. The average Bonchev–Trinajstić information content (AvgIpc) is 3.30. The molecule has 1 aromatic rings. The molecule has 2 saturated heterocycles.